The number of aromatic nitrogens is 2. The van der Waals surface area contributed by atoms with Crippen LogP contribution in [0.1, 0.15) is 122 Å². The molecule has 2 saturated heterocycles. The highest BCUT2D eigenvalue weighted by atomic mass is 32.2. The number of thioether (sulfide) groups is 1. The molecule has 0 saturated carbocycles. The van der Waals surface area contributed by atoms with E-state index in [4.69, 9.17) is 16.9 Å². The molecule has 0 spiro atoms. The number of piperidine rings is 1. The lowest BCUT2D eigenvalue weighted by Gasteiger charge is -2.45. The van der Waals surface area contributed by atoms with E-state index >= 15 is 24.0 Å². The topological polar surface area (TPSA) is 425 Å². The molecule has 2 aromatic heterocycles. The first-order chi connectivity index (χ1) is 56.1. The minimum absolute atomic E-state index is 0.0116. The summed E-state index contributed by atoms with van der Waals surface area (Å²) in [5, 5.41) is 61.4. The summed E-state index contributed by atoms with van der Waals surface area (Å²) < 4.78 is 0. The van der Waals surface area contributed by atoms with Gasteiger partial charge in [-0.3, -0.25) is 48.6 Å². The van der Waals surface area contributed by atoms with E-state index in [1.807, 2.05) is 42.5 Å². The first kappa shape index (κ1) is 86.0. The number of aliphatic hydroxyl groups is 1. The summed E-state index contributed by atoms with van der Waals surface area (Å²) >= 11 is 1.58. The number of carbonyl (C=O) groups excluding carboxylic acids is 9. The number of unbranched alkanes of at least 4 members (excludes halogenated alkanes) is 1. The number of Topliss-reactive ketones (excluding diaryl/α,β-unsaturated/α-hetero) is 1. The van der Waals surface area contributed by atoms with Crippen molar-refractivity contribution in [3.8, 4) is 5.75 Å². The maximum atomic E-state index is 15.5. The summed E-state index contributed by atoms with van der Waals surface area (Å²) in [6.07, 6.45) is 6.37. The van der Waals surface area contributed by atoms with E-state index in [1.54, 1.807) is 115 Å². The number of H-pyrrole nitrogens is 2. The van der Waals surface area contributed by atoms with E-state index < -0.39 is 102 Å². The van der Waals surface area contributed by atoms with Gasteiger partial charge in [0, 0.05) is 97.5 Å². The molecule has 11 rings (SSSR count). The highest BCUT2D eigenvalue weighted by molar-refractivity contribution is 7.99. The van der Waals surface area contributed by atoms with Crippen LogP contribution < -0.4 is 64.6 Å². The summed E-state index contributed by atoms with van der Waals surface area (Å²) in [4.78, 5) is 145. The minimum Gasteiger partial charge on any atom is -0.508 e. The number of phenols is 1. The number of hydrogen-bond donors (Lipinski definition) is 17. The van der Waals surface area contributed by atoms with Gasteiger partial charge in [-0.2, -0.15) is 11.8 Å². The second-order valence-electron chi connectivity index (χ2n) is 31.2. The van der Waals surface area contributed by atoms with Crippen LogP contribution in [0.3, 0.4) is 0 Å². The number of fused-ring (bicyclic) bond motifs is 3. The number of nitrogens with one attached hydrogen (secondary N) is 13. The molecule has 19 N–H and O–H groups in total. The van der Waals surface area contributed by atoms with Gasteiger partial charge in [0.1, 0.15) is 42.0 Å². The molecule has 0 unspecified atom stereocenters. The Balaban J connectivity index is 0.903. The van der Waals surface area contributed by atoms with Gasteiger partial charge in [0.15, 0.2) is 11.7 Å². The van der Waals surface area contributed by atoms with E-state index in [2.05, 4.69) is 99.5 Å². The number of para-hydroxylation sites is 1. The Morgan fingerprint density at radius 2 is 1.16 bits per heavy atom. The first-order valence-electron chi connectivity index (χ1n) is 40.6. The fourth-order valence-corrected chi connectivity index (χ4v) is 17.2. The van der Waals surface area contributed by atoms with Crippen LogP contribution >= 0.6 is 11.8 Å². The van der Waals surface area contributed by atoms with Crippen molar-refractivity contribution in [2.24, 2.45) is 17.4 Å². The molecule has 0 bridgehead atoms. The quantitative estimate of drug-likeness (QED) is 0.0174. The van der Waals surface area contributed by atoms with Gasteiger partial charge in [-0.25, -0.2) is 0 Å². The SMILES string of the molecule is C[C@@H](O)[C@@H]1NC(=O)[C@H](CCCCN)NC(=O)[C@@H](Cc2c[nH]c3ccccc23)NC(=O)[C@H](Cc2ccccc2)NC(=O)[C@H](Cc2ccccc2)NC(=O)[C@H](CCCNC(=N)N)NC(=O)[C@H](NC[C@@H](Cc2ccc(O)cc2)NC(=O)CSC[C@@H]2C[C@@H]3c4cccc5[nH]cc(c45)C[C@H]3N(C)C2)CCCCCC(=O)[C@H](Cc2ccccc2)NC1=O. The lowest BCUT2D eigenvalue weighted by molar-refractivity contribution is -0.136. The number of ketones is 1. The zero-order valence-electron chi connectivity index (χ0n) is 66.0. The lowest BCUT2D eigenvalue weighted by atomic mass is 9.73. The highest BCUT2D eigenvalue weighted by Gasteiger charge is 2.41. The molecule has 116 heavy (non-hydrogen) atoms. The molecule has 8 aromatic rings. The molecule has 0 radical (unpaired) electrons. The third-order valence-electron chi connectivity index (χ3n) is 22.3. The number of guanidine groups is 1. The van der Waals surface area contributed by atoms with Crippen molar-refractivity contribution >= 4 is 92.6 Å². The number of hydrogen-bond acceptors (Lipinski definition) is 16. The summed E-state index contributed by atoms with van der Waals surface area (Å²) in [6.45, 7) is 2.63. The molecule has 4 heterocycles. The predicted octanol–water partition coefficient (Wildman–Crippen LogP) is 5.40. The van der Waals surface area contributed by atoms with Crippen molar-refractivity contribution in [3.05, 3.63) is 209 Å². The highest BCUT2D eigenvalue weighted by Crippen LogP contribution is 2.45. The summed E-state index contributed by atoms with van der Waals surface area (Å²) in [5.41, 5.74) is 19.7. The van der Waals surface area contributed by atoms with Crippen molar-refractivity contribution in [2.45, 2.75) is 189 Å². The molecule has 1 aliphatic carbocycles. The predicted molar refractivity (Wildman–Crippen MR) is 450 cm³/mol. The zero-order chi connectivity index (χ0) is 82.0. The number of benzene rings is 6. The number of nitrogens with zero attached hydrogens (tertiary/aromatic N) is 1. The van der Waals surface area contributed by atoms with Gasteiger partial charge >= 0.3 is 0 Å². The van der Waals surface area contributed by atoms with Gasteiger partial charge in [0.05, 0.1) is 23.9 Å². The fourth-order valence-electron chi connectivity index (χ4n) is 16.2. The van der Waals surface area contributed by atoms with E-state index in [0.29, 0.717) is 72.2 Å². The number of rotatable bonds is 27. The molecule has 27 nitrogen and oxygen atoms in total. The maximum absolute atomic E-state index is 15.5. The van der Waals surface area contributed by atoms with Gasteiger partial charge in [-0.15, -0.1) is 0 Å². The Hall–Kier alpha value is -10.9. The average Bonchev–Trinajstić information content (AvgIpc) is 1.50. The van der Waals surface area contributed by atoms with Crippen LogP contribution in [0.25, 0.3) is 21.8 Å². The number of likely N-dealkylation sites (tertiary alicyclic amines) is 1. The molecule has 28 heteroatoms. The van der Waals surface area contributed by atoms with Crippen LogP contribution in [-0.4, -0.2) is 195 Å². The largest absolute Gasteiger partial charge is 0.508 e. The van der Waals surface area contributed by atoms with E-state index in [9.17, 15) is 29.4 Å². The third kappa shape index (κ3) is 24.6. The smallest absolute Gasteiger partial charge is 0.245 e. The van der Waals surface area contributed by atoms with Crippen LogP contribution in [0.2, 0.25) is 0 Å². The van der Waals surface area contributed by atoms with Gasteiger partial charge in [-0.05, 0) is 166 Å². The number of aromatic hydroxyl groups is 1. The number of nitrogens with two attached hydrogens (primary N) is 2. The summed E-state index contributed by atoms with van der Waals surface area (Å²) in [7, 11) is 2.19. The normalized spacial score (nSPS) is 23.2. The summed E-state index contributed by atoms with van der Waals surface area (Å²) in [5.74, 6) is -4.73. The van der Waals surface area contributed by atoms with Gasteiger partial charge < -0.3 is 89.7 Å². The van der Waals surface area contributed by atoms with E-state index in [0.717, 1.165) is 47.1 Å². The number of phenolic OH excluding ortho intramolecular Hbond substituents is 1. The molecular formula is C88H112N16O11S. The first-order valence-corrected chi connectivity index (χ1v) is 41.7. The maximum Gasteiger partial charge on any atom is 0.245 e. The average molecular weight is 1600 g/mol. The molecule has 616 valence electrons. The van der Waals surface area contributed by atoms with Crippen molar-refractivity contribution < 1.29 is 53.4 Å². The Morgan fingerprint density at radius 1 is 0.603 bits per heavy atom. The Morgan fingerprint density at radius 3 is 1.80 bits per heavy atom. The molecular weight excluding hydrogens is 1490 g/mol. The van der Waals surface area contributed by atoms with Gasteiger partial charge in [0.2, 0.25) is 47.3 Å². The van der Waals surface area contributed by atoms with Crippen LogP contribution in [0.4, 0.5) is 0 Å². The zero-order valence-corrected chi connectivity index (χ0v) is 66.8. The number of carbonyl (C=O) groups is 9. The molecule has 13 atom stereocenters. The van der Waals surface area contributed by atoms with E-state index in [1.165, 1.54) is 23.4 Å². The standard InChI is InChI=1S/C88H112N16O11S/c1-54(105)80-87(115)99-72(43-55-21-7-3-8-22-55)77(107)34-14-6-13-30-69(95-50-62(41-58-35-37-63(106)38-36-58)96-78(108)53-116-52-59-42-66-65-28-19-32-68-79(65)61(49-94-68)47-76(66)104(2)51-59)81(109)97-71(33-20-40-92-88(90)91)82(110)100-73(44-56-23-9-4-10-24-56)84(112)101-74(45-57-25-11-5-12-26-57)85(113)102-75(46-60-48-93-67-29-16-15-27-64(60)67)86(114)98-70(83(111)103-80)31-17-18-39-89/h3-5,7-12,15-16,19,21-29,32,35-38,48-49,54,59,62,66,69-76,80,93-95,105-106H,6,13-14,17-18,20,30-31,33-34,39-47,50-53,89H2,1-2H3,(H,96,108)(H,97,109)(H,98,114)(H,99,115)(H,100,110)(H,101,112)(H,102,113)(H,103,111)(H4,90,91,92)/t54-,59-,62-,66-,69-,70+,71+,72+,73+,74+,75-,76-,80+/m1/s1. The van der Waals surface area contributed by atoms with Gasteiger partial charge in [0.25, 0.3) is 0 Å². The van der Waals surface area contributed by atoms with Crippen molar-refractivity contribution in [1.29, 1.82) is 5.41 Å². The number of amides is 8. The van der Waals surface area contributed by atoms with Crippen LogP contribution in [-0.2, 0) is 81.7 Å². The molecule has 2 fully saturated rings. The third-order valence-corrected chi connectivity index (χ3v) is 23.5. The van der Waals surface area contributed by atoms with Crippen molar-refractivity contribution in [2.75, 3.05) is 44.7 Å². The fraction of sp³-hybridized carbons (Fsp3) is 0.432. The summed E-state index contributed by atoms with van der Waals surface area (Å²) in [6, 6.07) is 36.3. The number of aromatic amines is 2. The monoisotopic (exact) mass is 1600 g/mol. The van der Waals surface area contributed by atoms with Crippen LogP contribution in [0, 0.1) is 11.3 Å². The lowest BCUT2D eigenvalue weighted by Crippen LogP contribution is -2.62. The Labute approximate surface area is 681 Å². The molecule has 6 aromatic carbocycles. The molecule has 8 amide bonds. The van der Waals surface area contributed by atoms with E-state index in [-0.39, 0.29) is 113 Å². The molecule has 2 aliphatic heterocycles. The van der Waals surface area contributed by atoms with Crippen LogP contribution in [0.5, 0.6) is 5.75 Å². The van der Waals surface area contributed by atoms with Gasteiger partial charge in [-0.1, -0.05) is 146 Å². The minimum atomic E-state index is -1.64. The Bertz CT molecular complexity index is 4630. The Kier molecular flexibility index (Phi) is 31.6. The second-order valence-corrected chi connectivity index (χ2v) is 32.2. The molecule has 3 aliphatic rings. The second kappa shape index (κ2) is 42.6. The van der Waals surface area contributed by atoms with Crippen molar-refractivity contribution in [3.63, 3.8) is 0 Å². The number of likely N-dealkylation sites (N-methyl/N-ethyl adjacent to an activating group) is 1. The number of aliphatic hydroxyl groups excluding tert-OH is 1. The van der Waals surface area contributed by atoms with Crippen molar-refractivity contribution in [1.82, 2.24) is 68.0 Å². The van der Waals surface area contributed by atoms with Crippen LogP contribution in [0.15, 0.2) is 170 Å².